The summed E-state index contributed by atoms with van der Waals surface area (Å²) in [6.07, 6.45) is 0. The Morgan fingerprint density at radius 2 is 1.79 bits per heavy atom. The van der Waals surface area contributed by atoms with E-state index >= 15 is 0 Å². The lowest BCUT2D eigenvalue weighted by Crippen LogP contribution is -2.54. The molecule has 0 spiro atoms. The van der Waals surface area contributed by atoms with Crippen LogP contribution < -0.4 is 9.44 Å². The minimum Gasteiger partial charge on any atom is -0.480 e. The molecule has 0 aromatic rings. The lowest BCUT2D eigenvalue weighted by atomic mass is 10.1. The molecule has 84 valence electrons. The molecule has 0 aliphatic rings. The van der Waals surface area contributed by atoms with Crippen LogP contribution in [0.1, 0.15) is 27.7 Å². The summed E-state index contributed by atoms with van der Waals surface area (Å²) in [6, 6.07) is -0.280. The van der Waals surface area contributed by atoms with Gasteiger partial charge in [-0.2, -0.15) is 17.9 Å². The normalized spacial score (nSPS) is 13.2. The van der Waals surface area contributed by atoms with Gasteiger partial charge in [0, 0.05) is 6.04 Å². The first-order valence-electron chi connectivity index (χ1n) is 4.11. The molecule has 0 unspecified atom stereocenters. The van der Waals surface area contributed by atoms with Gasteiger partial charge in [0.15, 0.2) is 0 Å². The topological polar surface area (TPSA) is 95.5 Å². The van der Waals surface area contributed by atoms with Crippen molar-refractivity contribution in [1.82, 2.24) is 9.44 Å². The Bertz CT molecular complexity index is 308. The third kappa shape index (κ3) is 4.54. The maximum absolute atomic E-state index is 11.3. The van der Waals surface area contributed by atoms with E-state index in [0.717, 1.165) is 0 Å². The van der Waals surface area contributed by atoms with Crippen LogP contribution in [0.3, 0.4) is 0 Å². The highest BCUT2D eigenvalue weighted by Gasteiger charge is 2.32. The first-order valence-corrected chi connectivity index (χ1v) is 5.60. The molecule has 0 aliphatic carbocycles. The van der Waals surface area contributed by atoms with E-state index in [0.29, 0.717) is 0 Å². The van der Waals surface area contributed by atoms with Crippen molar-refractivity contribution < 1.29 is 18.3 Å². The van der Waals surface area contributed by atoms with Crippen LogP contribution in [0.4, 0.5) is 0 Å². The molecule has 0 rings (SSSR count). The number of nitrogens with one attached hydrogen (secondary N) is 2. The minimum atomic E-state index is -3.76. The first-order chi connectivity index (χ1) is 6.07. The summed E-state index contributed by atoms with van der Waals surface area (Å²) in [5.74, 6) is -1.23. The van der Waals surface area contributed by atoms with E-state index in [1.807, 2.05) is 4.72 Å². The number of rotatable bonds is 5. The Balaban J connectivity index is 4.60. The molecule has 0 atom stereocenters. The van der Waals surface area contributed by atoms with E-state index in [2.05, 4.69) is 4.72 Å². The fourth-order valence-corrected chi connectivity index (χ4v) is 2.16. The SMILES string of the molecule is CC(C)NS(=O)(=O)NC(C)(C)C(=O)O. The molecule has 14 heavy (non-hydrogen) atoms. The predicted octanol–water partition coefficient (Wildman–Crippen LogP) is -0.318. The van der Waals surface area contributed by atoms with Gasteiger partial charge < -0.3 is 5.11 Å². The predicted molar refractivity (Wildman–Crippen MR) is 52.0 cm³/mol. The van der Waals surface area contributed by atoms with Gasteiger partial charge in [-0.1, -0.05) is 0 Å². The summed E-state index contributed by atoms with van der Waals surface area (Å²) >= 11 is 0. The number of hydrogen-bond donors (Lipinski definition) is 3. The van der Waals surface area contributed by atoms with Crippen molar-refractivity contribution in [2.24, 2.45) is 0 Å². The van der Waals surface area contributed by atoms with Gasteiger partial charge in [-0.05, 0) is 27.7 Å². The van der Waals surface area contributed by atoms with E-state index < -0.39 is 21.7 Å². The van der Waals surface area contributed by atoms with Crippen LogP contribution in [0.25, 0.3) is 0 Å². The summed E-state index contributed by atoms with van der Waals surface area (Å²) in [5.41, 5.74) is -1.51. The molecule has 0 aromatic carbocycles. The van der Waals surface area contributed by atoms with Crippen LogP contribution in [0, 0.1) is 0 Å². The molecule has 0 aliphatic heterocycles. The molecular weight excluding hydrogens is 208 g/mol. The van der Waals surface area contributed by atoms with Gasteiger partial charge in [-0.15, -0.1) is 0 Å². The summed E-state index contributed by atoms with van der Waals surface area (Å²) in [5, 5.41) is 8.68. The lowest BCUT2D eigenvalue weighted by Gasteiger charge is -2.21. The quantitative estimate of drug-likeness (QED) is 0.596. The molecule has 6 nitrogen and oxygen atoms in total. The lowest BCUT2D eigenvalue weighted by molar-refractivity contribution is -0.142. The fourth-order valence-electron chi connectivity index (χ4n) is 0.719. The average Bonchev–Trinajstić information content (AvgIpc) is 1.79. The third-order valence-electron chi connectivity index (χ3n) is 1.32. The first kappa shape index (κ1) is 13.3. The van der Waals surface area contributed by atoms with Crippen molar-refractivity contribution in [3.8, 4) is 0 Å². The zero-order valence-electron chi connectivity index (χ0n) is 8.66. The van der Waals surface area contributed by atoms with E-state index in [9.17, 15) is 13.2 Å². The second-order valence-electron chi connectivity index (χ2n) is 3.81. The van der Waals surface area contributed by atoms with Crippen molar-refractivity contribution >= 4 is 16.2 Å². The minimum absolute atomic E-state index is 0.280. The number of carboxylic acid groups (broad SMARTS) is 1. The van der Waals surface area contributed by atoms with Gasteiger partial charge in [0.25, 0.3) is 10.2 Å². The van der Waals surface area contributed by atoms with E-state index in [1.165, 1.54) is 13.8 Å². The Morgan fingerprint density at radius 3 is 2.07 bits per heavy atom. The monoisotopic (exact) mass is 224 g/mol. The molecule has 0 fully saturated rings. The smallest absolute Gasteiger partial charge is 0.324 e. The molecule has 0 saturated heterocycles. The molecule has 0 aromatic heterocycles. The van der Waals surface area contributed by atoms with Gasteiger partial charge >= 0.3 is 5.97 Å². The Morgan fingerprint density at radius 1 is 1.36 bits per heavy atom. The van der Waals surface area contributed by atoms with E-state index in [1.54, 1.807) is 13.8 Å². The number of aliphatic carboxylic acids is 1. The highest BCUT2D eigenvalue weighted by atomic mass is 32.2. The maximum Gasteiger partial charge on any atom is 0.324 e. The van der Waals surface area contributed by atoms with Crippen molar-refractivity contribution in [1.29, 1.82) is 0 Å². The highest BCUT2D eigenvalue weighted by molar-refractivity contribution is 7.87. The van der Waals surface area contributed by atoms with Gasteiger partial charge in [0.1, 0.15) is 5.54 Å². The fraction of sp³-hybridized carbons (Fsp3) is 0.857. The van der Waals surface area contributed by atoms with Crippen molar-refractivity contribution in [3.63, 3.8) is 0 Å². The highest BCUT2D eigenvalue weighted by Crippen LogP contribution is 2.03. The Hall–Kier alpha value is -0.660. The molecule has 0 bridgehead atoms. The third-order valence-corrected chi connectivity index (χ3v) is 2.88. The zero-order chi connectivity index (χ0) is 11.6. The number of carboxylic acids is 1. The van der Waals surface area contributed by atoms with Gasteiger partial charge in [-0.25, -0.2) is 0 Å². The van der Waals surface area contributed by atoms with Crippen LogP contribution in [-0.4, -0.2) is 31.1 Å². The largest absolute Gasteiger partial charge is 0.480 e. The Kier molecular flexibility index (Phi) is 4.04. The van der Waals surface area contributed by atoms with Crippen LogP contribution in [0.5, 0.6) is 0 Å². The van der Waals surface area contributed by atoms with Crippen LogP contribution in [0.15, 0.2) is 0 Å². The summed E-state index contributed by atoms with van der Waals surface area (Å²) in [6.45, 7) is 5.84. The van der Waals surface area contributed by atoms with E-state index in [-0.39, 0.29) is 6.04 Å². The van der Waals surface area contributed by atoms with Crippen LogP contribution >= 0.6 is 0 Å². The second kappa shape index (κ2) is 4.24. The number of carbonyl (C=O) groups is 1. The zero-order valence-corrected chi connectivity index (χ0v) is 9.47. The number of hydrogen-bond acceptors (Lipinski definition) is 3. The van der Waals surface area contributed by atoms with Gasteiger partial charge in [-0.3, -0.25) is 4.79 Å². The van der Waals surface area contributed by atoms with Crippen molar-refractivity contribution in [2.45, 2.75) is 39.3 Å². The second-order valence-corrected chi connectivity index (χ2v) is 5.25. The molecule has 7 heteroatoms. The summed E-state index contributed by atoms with van der Waals surface area (Å²) in [4.78, 5) is 10.6. The van der Waals surface area contributed by atoms with Gasteiger partial charge in [0.05, 0.1) is 0 Å². The van der Waals surface area contributed by atoms with Crippen LogP contribution in [-0.2, 0) is 15.0 Å². The summed E-state index contributed by atoms with van der Waals surface area (Å²) < 4.78 is 26.8. The molecule has 3 N–H and O–H groups in total. The Labute approximate surface area is 83.9 Å². The molecule has 0 heterocycles. The molecular formula is C7H16N2O4S. The molecule has 0 radical (unpaired) electrons. The van der Waals surface area contributed by atoms with Crippen molar-refractivity contribution in [3.05, 3.63) is 0 Å². The molecule has 0 amide bonds. The maximum atomic E-state index is 11.3. The average molecular weight is 224 g/mol. The standard InChI is InChI=1S/C7H16N2O4S/c1-5(2)8-14(12,13)9-7(3,4)6(10)11/h5,8-9H,1-4H3,(H,10,11). The summed E-state index contributed by atoms with van der Waals surface area (Å²) in [7, 11) is -3.76. The molecule has 0 saturated carbocycles. The van der Waals surface area contributed by atoms with Crippen molar-refractivity contribution in [2.75, 3.05) is 0 Å². The van der Waals surface area contributed by atoms with E-state index in [4.69, 9.17) is 5.11 Å². The van der Waals surface area contributed by atoms with Crippen LogP contribution in [0.2, 0.25) is 0 Å². The van der Waals surface area contributed by atoms with Gasteiger partial charge in [0.2, 0.25) is 0 Å².